The van der Waals surface area contributed by atoms with E-state index in [2.05, 4.69) is 0 Å². The van der Waals surface area contributed by atoms with Gasteiger partial charge in [-0.3, -0.25) is 4.79 Å². The molecule has 0 saturated heterocycles. The molecule has 0 aliphatic heterocycles. The Bertz CT molecular complexity index is 439. The highest BCUT2D eigenvalue weighted by Crippen LogP contribution is 2.45. The predicted octanol–water partition coefficient (Wildman–Crippen LogP) is 2.21. The van der Waals surface area contributed by atoms with Crippen molar-refractivity contribution in [1.82, 2.24) is 0 Å². The number of rotatable bonds is 4. The molecule has 17 heavy (non-hydrogen) atoms. The zero-order valence-corrected chi connectivity index (χ0v) is 10.0. The van der Waals surface area contributed by atoms with Crippen molar-refractivity contribution in [1.29, 1.82) is 0 Å². The van der Waals surface area contributed by atoms with Crippen LogP contribution in [0.1, 0.15) is 29.9 Å². The van der Waals surface area contributed by atoms with E-state index < -0.39 is 5.97 Å². The van der Waals surface area contributed by atoms with E-state index in [1.165, 1.54) is 5.56 Å². The fraction of sp³-hybridized carbons (Fsp3) is 0.462. The molecule has 0 aromatic heterocycles. The minimum Gasteiger partial charge on any atom is -0.493 e. The minimum atomic E-state index is -0.771. The molecule has 4 heteroatoms. The summed E-state index contributed by atoms with van der Waals surface area (Å²) in [4.78, 5) is 10.8. The number of carboxylic acid groups (broad SMARTS) is 1. The molecule has 92 valence electrons. The number of carboxylic acids is 1. The first-order valence-corrected chi connectivity index (χ1v) is 5.63. The van der Waals surface area contributed by atoms with Crippen LogP contribution in [0.5, 0.6) is 11.5 Å². The Kier molecular flexibility index (Phi) is 3.22. The molecule has 0 heterocycles. The number of hydrogen-bond donors (Lipinski definition) is 1. The lowest BCUT2D eigenvalue weighted by atomic mass is 9.96. The lowest BCUT2D eigenvalue weighted by Crippen LogP contribution is -2.05. The van der Waals surface area contributed by atoms with Crippen LogP contribution in [0, 0.1) is 0 Å². The van der Waals surface area contributed by atoms with Crippen LogP contribution in [-0.4, -0.2) is 25.3 Å². The number of hydrogen-bond acceptors (Lipinski definition) is 3. The first-order chi connectivity index (χ1) is 8.17. The Morgan fingerprint density at radius 3 is 2.76 bits per heavy atom. The van der Waals surface area contributed by atoms with Crippen molar-refractivity contribution < 1.29 is 19.4 Å². The number of aliphatic carboxylic acids is 1. The Balaban J connectivity index is 2.44. The number of aryl methyl sites for hydroxylation is 1. The second-order valence-corrected chi connectivity index (χ2v) is 4.21. The Morgan fingerprint density at radius 2 is 2.18 bits per heavy atom. The quantitative estimate of drug-likeness (QED) is 0.870. The van der Waals surface area contributed by atoms with E-state index >= 15 is 0 Å². The third-order valence-electron chi connectivity index (χ3n) is 3.27. The van der Waals surface area contributed by atoms with Crippen LogP contribution in [-0.2, 0) is 11.2 Å². The van der Waals surface area contributed by atoms with Crippen molar-refractivity contribution in [2.24, 2.45) is 0 Å². The van der Waals surface area contributed by atoms with Gasteiger partial charge in [-0.2, -0.15) is 0 Å². The highest BCUT2D eigenvalue weighted by Gasteiger charge is 2.29. The van der Waals surface area contributed by atoms with Crippen molar-refractivity contribution in [2.75, 3.05) is 14.2 Å². The lowest BCUT2D eigenvalue weighted by molar-refractivity contribution is -0.137. The second-order valence-electron chi connectivity index (χ2n) is 4.21. The predicted molar refractivity (Wildman–Crippen MR) is 62.9 cm³/mol. The molecule has 1 atom stereocenters. The van der Waals surface area contributed by atoms with Gasteiger partial charge in [0.2, 0.25) is 0 Å². The van der Waals surface area contributed by atoms with Gasteiger partial charge in [0, 0.05) is 5.56 Å². The zero-order chi connectivity index (χ0) is 12.4. The van der Waals surface area contributed by atoms with Gasteiger partial charge in [0.15, 0.2) is 11.5 Å². The molecular formula is C13H16O4. The molecule has 1 aliphatic rings. The van der Waals surface area contributed by atoms with Crippen LogP contribution >= 0.6 is 0 Å². The summed E-state index contributed by atoms with van der Waals surface area (Å²) in [7, 11) is 3.18. The van der Waals surface area contributed by atoms with Gasteiger partial charge in [-0.1, -0.05) is 6.07 Å². The largest absolute Gasteiger partial charge is 0.493 e. The topological polar surface area (TPSA) is 55.8 Å². The second kappa shape index (κ2) is 4.65. The van der Waals surface area contributed by atoms with Gasteiger partial charge in [0.25, 0.3) is 0 Å². The third-order valence-corrected chi connectivity index (χ3v) is 3.27. The summed E-state index contributed by atoms with van der Waals surface area (Å²) in [6.45, 7) is 0. The molecule has 0 fully saturated rings. The van der Waals surface area contributed by atoms with Crippen LogP contribution in [0.25, 0.3) is 0 Å². The molecule has 1 aliphatic carbocycles. The summed E-state index contributed by atoms with van der Waals surface area (Å²) in [6, 6.07) is 3.87. The van der Waals surface area contributed by atoms with E-state index in [9.17, 15) is 4.79 Å². The summed E-state index contributed by atoms with van der Waals surface area (Å²) in [5, 5.41) is 8.92. The Labute approximate surface area is 100 Å². The highest BCUT2D eigenvalue weighted by molar-refractivity contribution is 5.69. The molecule has 0 radical (unpaired) electrons. The number of ether oxygens (including phenoxy) is 2. The molecule has 0 saturated carbocycles. The van der Waals surface area contributed by atoms with E-state index in [-0.39, 0.29) is 12.3 Å². The zero-order valence-electron chi connectivity index (χ0n) is 10.0. The van der Waals surface area contributed by atoms with Crippen molar-refractivity contribution in [3.63, 3.8) is 0 Å². The fourth-order valence-electron chi connectivity index (χ4n) is 2.55. The van der Waals surface area contributed by atoms with E-state index in [1.54, 1.807) is 14.2 Å². The highest BCUT2D eigenvalue weighted by atomic mass is 16.5. The molecular weight excluding hydrogens is 220 g/mol. The molecule has 4 nitrogen and oxygen atoms in total. The first kappa shape index (κ1) is 11.8. The Hall–Kier alpha value is -1.71. The van der Waals surface area contributed by atoms with Crippen molar-refractivity contribution in [3.8, 4) is 11.5 Å². The smallest absolute Gasteiger partial charge is 0.303 e. The van der Waals surface area contributed by atoms with Crippen molar-refractivity contribution in [2.45, 2.75) is 25.2 Å². The van der Waals surface area contributed by atoms with Crippen LogP contribution in [0.3, 0.4) is 0 Å². The van der Waals surface area contributed by atoms with E-state index in [0.717, 1.165) is 18.4 Å². The van der Waals surface area contributed by atoms with Gasteiger partial charge < -0.3 is 14.6 Å². The molecule has 1 unspecified atom stereocenters. The summed E-state index contributed by atoms with van der Waals surface area (Å²) < 4.78 is 10.6. The van der Waals surface area contributed by atoms with E-state index in [1.807, 2.05) is 12.1 Å². The van der Waals surface area contributed by atoms with Crippen LogP contribution in [0.15, 0.2) is 12.1 Å². The Morgan fingerprint density at radius 1 is 1.41 bits per heavy atom. The third kappa shape index (κ3) is 2.07. The van der Waals surface area contributed by atoms with Gasteiger partial charge in [0.1, 0.15) is 0 Å². The summed E-state index contributed by atoms with van der Waals surface area (Å²) in [5.41, 5.74) is 2.18. The molecule has 0 bridgehead atoms. The van der Waals surface area contributed by atoms with E-state index in [4.69, 9.17) is 14.6 Å². The van der Waals surface area contributed by atoms with Gasteiger partial charge in [-0.15, -0.1) is 0 Å². The molecule has 2 rings (SSSR count). The van der Waals surface area contributed by atoms with Gasteiger partial charge in [-0.05, 0) is 30.4 Å². The standard InChI is InChI=1S/C13H16O4/c1-16-10-6-5-8-3-4-9(7-11(14)15)12(8)13(10)17-2/h5-6,9H,3-4,7H2,1-2H3,(H,14,15). The van der Waals surface area contributed by atoms with Gasteiger partial charge in [0.05, 0.1) is 20.6 Å². The SMILES string of the molecule is COc1ccc2c(c1OC)C(CC(=O)O)CC2. The molecule has 1 aromatic rings. The van der Waals surface area contributed by atoms with E-state index in [0.29, 0.717) is 11.5 Å². The molecule has 1 N–H and O–H groups in total. The molecule has 1 aromatic carbocycles. The maximum absolute atomic E-state index is 10.8. The minimum absolute atomic E-state index is 0.0348. The van der Waals surface area contributed by atoms with Crippen LogP contribution in [0.4, 0.5) is 0 Å². The summed E-state index contributed by atoms with van der Waals surface area (Å²) in [6.07, 6.45) is 1.93. The van der Waals surface area contributed by atoms with Crippen molar-refractivity contribution >= 4 is 5.97 Å². The van der Waals surface area contributed by atoms with Gasteiger partial charge in [-0.25, -0.2) is 0 Å². The van der Waals surface area contributed by atoms with Gasteiger partial charge >= 0.3 is 5.97 Å². The first-order valence-electron chi connectivity index (χ1n) is 5.63. The lowest BCUT2D eigenvalue weighted by Gasteiger charge is -2.16. The van der Waals surface area contributed by atoms with Crippen LogP contribution < -0.4 is 9.47 Å². The average Bonchev–Trinajstić information content (AvgIpc) is 2.70. The monoisotopic (exact) mass is 236 g/mol. The summed E-state index contributed by atoms with van der Waals surface area (Å²) in [5.74, 6) is 0.623. The van der Waals surface area contributed by atoms with Crippen LogP contribution in [0.2, 0.25) is 0 Å². The fourth-order valence-corrected chi connectivity index (χ4v) is 2.55. The molecule has 0 spiro atoms. The number of fused-ring (bicyclic) bond motifs is 1. The molecule has 0 amide bonds. The number of carbonyl (C=O) groups is 1. The maximum Gasteiger partial charge on any atom is 0.303 e. The normalized spacial score (nSPS) is 17.6. The maximum atomic E-state index is 10.8. The van der Waals surface area contributed by atoms with Crippen molar-refractivity contribution in [3.05, 3.63) is 23.3 Å². The number of benzene rings is 1. The summed E-state index contributed by atoms with van der Waals surface area (Å²) >= 11 is 0. The number of methoxy groups -OCH3 is 2. The average molecular weight is 236 g/mol.